The van der Waals surface area contributed by atoms with Gasteiger partial charge in [-0.25, -0.2) is 4.39 Å². The van der Waals surface area contributed by atoms with E-state index in [1.54, 1.807) is 37.4 Å². The van der Waals surface area contributed by atoms with E-state index < -0.39 is 0 Å². The van der Waals surface area contributed by atoms with Gasteiger partial charge in [-0.2, -0.15) is 0 Å². The van der Waals surface area contributed by atoms with Crippen molar-refractivity contribution in [3.05, 3.63) is 65.1 Å². The number of ether oxygens (including phenoxy) is 2. The van der Waals surface area contributed by atoms with E-state index in [1.165, 1.54) is 12.1 Å². The molecule has 128 valence electrons. The first-order chi connectivity index (χ1) is 12.1. The van der Waals surface area contributed by atoms with E-state index in [0.717, 1.165) is 17.8 Å². The molecule has 0 amide bonds. The first-order valence-electron chi connectivity index (χ1n) is 8.17. The van der Waals surface area contributed by atoms with E-state index in [1.807, 2.05) is 11.5 Å². The SMILES string of the molecule is COc1ccc(C(=O)c2c(C)n(CC3CO3)c3ccc(F)cc23)cc1. The van der Waals surface area contributed by atoms with Crippen LogP contribution in [0.15, 0.2) is 42.5 Å². The van der Waals surface area contributed by atoms with Gasteiger partial charge in [-0.05, 0) is 49.4 Å². The Balaban J connectivity index is 1.85. The lowest BCUT2D eigenvalue weighted by Gasteiger charge is -2.07. The lowest BCUT2D eigenvalue weighted by Crippen LogP contribution is -2.08. The molecular formula is C20H18FNO3. The van der Waals surface area contributed by atoms with Crippen LogP contribution < -0.4 is 4.74 Å². The van der Waals surface area contributed by atoms with E-state index in [4.69, 9.17) is 9.47 Å². The molecule has 2 heterocycles. The maximum Gasteiger partial charge on any atom is 0.195 e. The standard InChI is InChI=1S/C20H18FNO3/c1-12-19(20(23)13-3-6-15(24-2)7-4-13)17-9-14(21)5-8-18(17)22(12)10-16-11-25-16/h3-9,16H,10-11H2,1-2H3. The minimum atomic E-state index is -0.351. The molecule has 0 radical (unpaired) electrons. The van der Waals surface area contributed by atoms with Crippen molar-refractivity contribution < 1.29 is 18.7 Å². The number of fused-ring (bicyclic) bond motifs is 1. The van der Waals surface area contributed by atoms with Crippen LogP contribution in [0.1, 0.15) is 21.6 Å². The summed E-state index contributed by atoms with van der Waals surface area (Å²) in [5.41, 5.74) is 2.78. The highest BCUT2D eigenvalue weighted by molar-refractivity contribution is 6.17. The number of methoxy groups -OCH3 is 1. The molecule has 0 aliphatic carbocycles. The largest absolute Gasteiger partial charge is 0.497 e. The predicted molar refractivity (Wildman–Crippen MR) is 92.8 cm³/mol. The summed E-state index contributed by atoms with van der Waals surface area (Å²) in [5, 5.41) is 0.638. The molecule has 1 fully saturated rings. The summed E-state index contributed by atoms with van der Waals surface area (Å²) in [4.78, 5) is 13.1. The Morgan fingerprint density at radius 2 is 2.00 bits per heavy atom. The lowest BCUT2D eigenvalue weighted by atomic mass is 10.0. The smallest absolute Gasteiger partial charge is 0.195 e. The van der Waals surface area contributed by atoms with Crippen LogP contribution in [0.5, 0.6) is 5.75 Å². The summed E-state index contributed by atoms with van der Waals surface area (Å²) < 4.78 is 26.3. The molecule has 1 aromatic heterocycles. The monoisotopic (exact) mass is 339 g/mol. The van der Waals surface area contributed by atoms with Crippen LogP contribution in [0.3, 0.4) is 0 Å². The van der Waals surface area contributed by atoms with Crippen LogP contribution >= 0.6 is 0 Å². The Bertz CT molecular complexity index is 955. The van der Waals surface area contributed by atoms with Gasteiger partial charge in [0.25, 0.3) is 0 Å². The first kappa shape index (κ1) is 15.8. The maximum atomic E-state index is 13.8. The van der Waals surface area contributed by atoms with E-state index in [-0.39, 0.29) is 17.7 Å². The molecular weight excluding hydrogens is 321 g/mol. The molecule has 1 atom stereocenters. The Hall–Kier alpha value is -2.66. The van der Waals surface area contributed by atoms with Crippen molar-refractivity contribution in [1.82, 2.24) is 4.57 Å². The minimum absolute atomic E-state index is 0.119. The Morgan fingerprint density at radius 1 is 1.28 bits per heavy atom. The molecule has 1 aliphatic rings. The highest BCUT2D eigenvalue weighted by atomic mass is 19.1. The molecule has 0 spiro atoms. The lowest BCUT2D eigenvalue weighted by molar-refractivity contribution is 0.103. The fourth-order valence-corrected chi connectivity index (χ4v) is 3.24. The number of epoxide rings is 1. The molecule has 4 nitrogen and oxygen atoms in total. The average Bonchev–Trinajstić information content (AvgIpc) is 3.40. The van der Waals surface area contributed by atoms with E-state index >= 15 is 0 Å². The van der Waals surface area contributed by atoms with Gasteiger partial charge in [-0.1, -0.05) is 0 Å². The summed E-state index contributed by atoms with van der Waals surface area (Å²) in [6.45, 7) is 3.29. The Labute approximate surface area is 144 Å². The van der Waals surface area contributed by atoms with E-state index in [9.17, 15) is 9.18 Å². The van der Waals surface area contributed by atoms with Gasteiger partial charge in [-0.3, -0.25) is 4.79 Å². The highest BCUT2D eigenvalue weighted by Gasteiger charge is 2.27. The number of carbonyl (C=O) groups excluding carboxylic acids is 1. The molecule has 1 saturated heterocycles. The highest BCUT2D eigenvalue weighted by Crippen LogP contribution is 2.30. The van der Waals surface area contributed by atoms with Crippen molar-refractivity contribution in [2.45, 2.75) is 19.6 Å². The molecule has 3 aromatic rings. The summed E-state index contributed by atoms with van der Waals surface area (Å²) in [5.74, 6) is 0.218. The number of rotatable bonds is 5. The summed E-state index contributed by atoms with van der Waals surface area (Å²) in [7, 11) is 1.58. The second kappa shape index (κ2) is 6.01. The van der Waals surface area contributed by atoms with Crippen LogP contribution in [0.25, 0.3) is 10.9 Å². The van der Waals surface area contributed by atoms with Crippen LogP contribution in [-0.2, 0) is 11.3 Å². The zero-order valence-electron chi connectivity index (χ0n) is 14.1. The number of carbonyl (C=O) groups is 1. The molecule has 25 heavy (non-hydrogen) atoms. The normalized spacial score (nSPS) is 16.2. The molecule has 2 aromatic carbocycles. The Morgan fingerprint density at radius 3 is 2.64 bits per heavy atom. The van der Waals surface area contributed by atoms with Crippen molar-refractivity contribution >= 4 is 16.7 Å². The molecule has 0 N–H and O–H groups in total. The number of aromatic nitrogens is 1. The maximum absolute atomic E-state index is 13.8. The van der Waals surface area contributed by atoms with Gasteiger partial charge >= 0.3 is 0 Å². The predicted octanol–water partition coefficient (Wildman–Crippen LogP) is 3.73. The second-order valence-corrected chi connectivity index (χ2v) is 6.25. The summed E-state index contributed by atoms with van der Waals surface area (Å²) in [6.07, 6.45) is 0.170. The van der Waals surface area contributed by atoms with Crippen LogP contribution in [0.2, 0.25) is 0 Å². The van der Waals surface area contributed by atoms with Crippen LogP contribution in [0, 0.1) is 12.7 Å². The quantitative estimate of drug-likeness (QED) is 0.525. The average molecular weight is 339 g/mol. The van der Waals surface area contributed by atoms with Gasteiger partial charge in [0.1, 0.15) is 11.6 Å². The molecule has 4 rings (SSSR count). The number of hydrogen-bond acceptors (Lipinski definition) is 3. The van der Waals surface area contributed by atoms with Crippen molar-refractivity contribution in [2.75, 3.05) is 13.7 Å². The molecule has 0 saturated carbocycles. The van der Waals surface area contributed by atoms with Crippen molar-refractivity contribution in [1.29, 1.82) is 0 Å². The van der Waals surface area contributed by atoms with Gasteiger partial charge < -0.3 is 14.0 Å². The third-order valence-corrected chi connectivity index (χ3v) is 4.65. The second-order valence-electron chi connectivity index (χ2n) is 6.25. The van der Waals surface area contributed by atoms with Gasteiger partial charge in [0.15, 0.2) is 5.78 Å². The van der Waals surface area contributed by atoms with Crippen LogP contribution in [-0.4, -0.2) is 30.2 Å². The molecule has 5 heteroatoms. The van der Waals surface area contributed by atoms with Crippen molar-refractivity contribution in [3.63, 3.8) is 0 Å². The topological polar surface area (TPSA) is 43.8 Å². The summed E-state index contributed by atoms with van der Waals surface area (Å²) in [6, 6.07) is 11.5. The molecule has 1 unspecified atom stereocenters. The van der Waals surface area contributed by atoms with Crippen LogP contribution in [0.4, 0.5) is 4.39 Å². The molecule has 1 aliphatic heterocycles. The molecule has 0 bridgehead atoms. The van der Waals surface area contributed by atoms with Gasteiger partial charge in [-0.15, -0.1) is 0 Å². The fraction of sp³-hybridized carbons (Fsp3) is 0.250. The number of nitrogens with zero attached hydrogens (tertiary/aromatic N) is 1. The van der Waals surface area contributed by atoms with Gasteiger partial charge in [0.2, 0.25) is 0 Å². The number of hydrogen-bond donors (Lipinski definition) is 0. The number of halogens is 1. The van der Waals surface area contributed by atoms with E-state index in [2.05, 4.69) is 0 Å². The zero-order valence-corrected chi connectivity index (χ0v) is 14.1. The number of ketones is 1. The Kier molecular flexibility index (Phi) is 3.81. The van der Waals surface area contributed by atoms with E-state index in [0.29, 0.717) is 28.8 Å². The van der Waals surface area contributed by atoms with Gasteiger partial charge in [0.05, 0.1) is 31.9 Å². The third-order valence-electron chi connectivity index (χ3n) is 4.65. The van der Waals surface area contributed by atoms with Gasteiger partial charge in [0, 0.05) is 22.2 Å². The fourth-order valence-electron chi connectivity index (χ4n) is 3.24. The van der Waals surface area contributed by atoms with Crippen molar-refractivity contribution in [3.8, 4) is 5.75 Å². The minimum Gasteiger partial charge on any atom is -0.497 e. The summed E-state index contributed by atoms with van der Waals surface area (Å²) >= 11 is 0. The van der Waals surface area contributed by atoms with Crippen molar-refractivity contribution in [2.24, 2.45) is 0 Å². The first-order valence-corrected chi connectivity index (χ1v) is 8.17. The zero-order chi connectivity index (χ0) is 17.6. The third kappa shape index (κ3) is 2.81. The number of benzene rings is 2.